The van der Waals surface area contributed by atoms with Crippen LogP contribution >= 0.6 is 0 Å². The molecule has 2 aromatic heterocycles. The summed E-state index contributed by atoms with van der Waals surface area (Å²) in [5.74, 6) is -0.449. The molecule has 0 aliphatic heterocycles. The van der Waals surface area contributed by atoms with Crippen LogP contribution in [0.3, 0.4) is 0 Å². The van der Waals surface area contributed by atoms with Crippen LogP contribution in [-0.2, 0) is 20.6 Å². The Kier molecular flexibility index (Phi) is 5.36. The number of nitrogens with one attached hydrogen (secondary N) is 1. The van der Waals surface area contributed by atoms with Gasteiger partial charge in [0.25, 0.3) is 11.5 Å². The molecule has 8 nitrogen and oxygen atoms in total. The molecule has 8 heteroatoms. The van der Waals surface area contributed by atoms with Crippen molar-refractivity contribution in [3.05, 3.63) is 105 Å². The van der Waals surface area contributed by atoms with Gasteiger partial charge in [0.1, 0.15) is 11.3 Å². The highest BCUT2D eigenvalue weighted by Gasteiger charge is 2.17. The number of pyridine rings is 1. The molecule has 4 rings (SSSR count). The van der Waals surface area contributed by atoms with Crippen LogP contribution in [0, 0.1) is 0 Å². The number of benzene rings is 2. The van der Waals surface area contributed by atoms with Crippen molar-refractivity contribution in [3.8, 4) is 0 Å². The summed E-state index contributed by atoms with van der Waals surface area (Å²) in [7, 11) is 2.93. The Balaban J connectivity index is 1.69. The number of carbonyl (C=O) groups is 1. The summed E-state index contributed by atoms with van der Waals surface area (Å²) in [6.07, 6.45) is 0. The van der Waals surface area contributed by atoms with Crippen molar-refractivity contribution in [2.75, 3.05) is 5.01 Å². The first-order valence-electron chi connectivity index (χ1n) is 9.70. The molecular weight excluding hydrogens is 394 g/mol. The van der Waals surface area contributed by atoms with Crippen LogP contribution in [-0.4, -0.2) is 20.0 Å². The highest BCUT2D eigenvalue weighted by Crippen LogP contribution is 2.15. The molecule has 0 saturated carbocycles. The Morgan fingerprint density at radius 2 is 1.55 bits per heavy atom. The molecule has 156 valence electrons. The number of rotatable bonds is 5. The van der Waals surface area contributed by atoms with Crippen molar-refractivity contribution in [1.29, 1.82) is 0 Å². The largest absolute Gasteiger partial charge is 0.332 e. The number of carbonyl (C=O) groups excluding carboxylic acids is 1. The van der Waals surface area contributed by atoms with Crippen molar-refractivity contribution < 1.29 is 4.79 Å². The fraction of sp³-hybridized carbons (Fsp3) is 0.130. The van der Waals surface area contributed by atoms with Crippen molar-refractivity contribution in [1.82, 2.24) is 19.5 Å². The number of hydrazine groups is 1. The van der Waals surface area contributed by atoms with Crippen LogP contribution < -0.4 is 21.7 Å². The maximum Gasteiger partial charge on any atom is 0.332 e. The zero-order chi connectivity index (χ0) is 22.0. The Morgan fingerprint density at radius 1 is 0.903 bits per heavy atom. The van der Waals surface area contributed by atoms with E-state index in [-0.39, 0.29) is 16.7 Å². The van der Waals surface area contributed by atoms with Crippen LogP contribution in [0.1, 0.15) is 16.1 Å². The van der Waals surface area contributed by atoms with Crippen LogP contribution in [0.15, 0.2) is 82.4 Å². The molecule has 2 aromatic carbocycles. The first-order valence-corrected chi connectivity index (χ1v) is 9.70. The van der Waals surface area contributed by atoms with E-state index < -0.39 is 17.2 Å². The molecule has 31 heavy (non-hydrogen) atoms. The Labute approximate surface area is 178 Å². The van der Waals surface area contributed by atoms with Gasteiger partial charge in [-0.15, -0.1) is 0 Å². The van der Waals surface area contributed by atoms with Gasteiger partial charge in [0.2, 0.25) is 0 Å². The number of amides is 1. The molecule has 1 N–H and O–H groups in total. The average molecular weight is 415 g/mol. The number of fused-ring (bicyclic) bond motifs is 1. The topological polar surface area (TPSA) is 89.2 Å². The number of nitrogens with zero attached hydrogens (tertiary/aromatic N) is 4. The van der Waals surface area contributed by atoms with Gasteiger partial charge in [0, 0.05) is 14.1 Å². The van der Waals surface area contributed by atoms with Gasteiger partial charge in [-0.3, -0.25) is 29.2 Å². The van der Waals surface area contributed by atoms with E-state index in [0.717, 1.165) is 15.8 Å². The summed E-state index contributed by atoms with van der Waals surface area (Å²) in [4.78, 5) is 41.9. The Morgan fingerprint density at radius 3 is 2.23 bits per heavy atom. The minimum atomic E-state index is -0.502. The van der Waals surface area contributed by atoms with Crippen molar-refractivity contribution in [2.24, 2.45) is 14.1 Å². The zero-order valence-electron chi connectivity index (χ0n) is 17.1. The van der Waals surface area contributed by atoms with Crippen LogP contribution in [0.2, 0.25) is 0 Å². The van der Waals surface area contributed by atoms with Gasteiger partial charge in [-0.1, -0.05) is 48.5 Å². The lowest BCUT2D eigenvalue weighted by atomic mass is 10.2. The molecule has 0 spiro atoms. The summed E-state index contributed by atoms with van der Waals surface area (Å²) in [5, 5.41) is 2.00. The third kappa shape index (κ3) is 3.95. The molecule has 1 amide bonds. The van der Waals surface area contributed by atoms with Gasteiger partial charge < -0.3 is 0 Å². The zero-order valence-corrected chi connectivity index (χ0v) is 17.1. The summed E-state index contributed by atoms with van der Waals surface area (Å²) in [6, 6.07) is 22.2. The molecule has 0 saturated heterocycles. The number of para-hydroxylation sites is 1. The number of aryl methyl sites for hydroxylation is 1. The summed E-state index contributed by atoms with van der Waals surface area (Å²) < 4.78 is 2.27. The Hall–Kier alpha value is -4.20. The molecule has 0 radical (unpaired) electrons. The van der Waals surface area contributed by atoms with Crippen molar-refractivity contribution in [2.45, 2.75) is 6.54 Å². The predicted octanol–water partition coefficient (Wildman–Crippen LogP) is 1.98. The van der Waals surface area contributed by atoms with Crippen LogP contribution in [0.25, 0.3) is 11.0 Å². The van der Waals surface area contributed by atoms with E-state index in [9.17, 15) is 14.4 Å². The van der Waals surface area contributed by atoms with Gasteiger partial charge >= 0.3 is 5.69 Å². The third-order valence-corrected chi connectivity index (χ3v) is 5.02. The first kappa shape index (κ1) is 20.1. The maximum absolute atomic E-state index is 13.0. The Bertz CT molecular complexity index is 1360. The van der Waals surface area contributed by atoms with E-state index in [1.807, 2.05) is 60.7 Å². The minimum Gasteiger partial charge on any atom is -0.281 e. The third-order valence-electron chi connectivity index (χ3n) is 5.02. The van der Waals surface area contributed by atoms with E-state index in [2.05, 4.69) is 10.4 Å². The molecule has 0 fully saturated rings. The van der Waals surface area contributed by atoms with E-state index in [4.69, 9.17) is 0 Å². The predicted molar refractivity (Wildman–Crippen MR) is 119 cm³/mol. The quantitative estimate of drug-likeness (QED) is 0.504. The highest BCUT2D eigenvalue weighted by molar-refractivity contribution is 5.95. The van der Waals surface area contributed by atoms with Gasteiger partial charge in [-0.2, -0.15) is 0 Å². The van der Waals surface area contributed by atoms with E-state index in [1.54, 1.807) is 5.01 Å². The maximum atomic E-state index is 13.0. The van der Waals surface area contributed by atoms with Gasteiger partial charge in [0.15, 0.2) is 0 Å². The second kappa shape index (κ2) is 8.27. The highest BCUT2D eigenvalue weighted by atomic mass is 16.2. The monoisotopic (exact) mass is 415 g/mol. The lowest BCUT2D eigenvalue weighted by Crippen LogP contribution is -2.42. The van der Waals surface area contributed by atoms with Crippen molar-refractivity contribution >= 4 is 22.6 Å². The molecule has 4 aromatic rings. The smallest absolute Gasteiger partial charge is 0.281 e. The molecule has 0 unspecified atom stereocenters. The first-order chi connectivity index (χ1) is 15.0. The van der Waals surface area contributed by atoms with E-state index >= 15 is 0 Å². The fourth-order valence-corrected chi connectivity index (χ4v) is 3.33. The standard InChI is InChI=1S/C23H21N5O3/c1-26-20-18(22(30)27(2)23(26)31)13-14-19(24-20)21(29)25-28(17-11-7-4-8-12-17)15-16-9-5-3-6-10-16/h3-14H,15H2,1-2H3,(H,25,29). The van der Waals surface area contributed by atoms with Gasteiger partial charge in [-0.25, -0.2) is 9.78 Å². The summed E-state index contributed by atoms with van der Waals surface area (Å²) in [5.41, 5.74) is 4.02. The lowest BCUT2D eigenvalue weighted by molar-refractivity contribution is 0.0943. The SMILES string of the molecule is Cn1c(=O)c2ccc(C(=O)NN(Cc3ccccc3)c3ccccc3)nc2n(C)c1=O. The van der Waals surface area contributed by atoms with Gasteiger partial charge in [0.05, 0.1) is 17.6 Å². The summed E-state index contributed by atoms with van der Waals surface area (Å²) in [6.45, 7) is 0.448. The molecule has 0 aliphatic carbocycles. The molecule has 0 bridgehead atoms. The molecule has 0 aliphatic rings. The lowest BCUT2D eigenvalue weighted by Gasteiger charge is -2.25. The molecule has 2 heterocycles. The molecular formula is C23H21N5O3. The number of hydrogen-bond acceptors (Lipinski definition) is 5. The van der Waals surface area contributed by atoms with Crippen LogP contribution in [0.4, 0.5) is 5.69 Å². The second-order valence-electron chi connectivity index (χ2n) is 7.12. The van der Waals surface area contributed by atoms with E-state index in [0.29, 0.717) is 6.54 Å². The second-order valence-corrected chi connectivity index (χ2v) is 7.12. The number of aromatic nitrogens is 3. The number of hydrogen-bond donors (Lipinski definition) is 1. The van der Waals surface area contributed by atoms with Crippen LogP contribution in [0.5, 0.6) is 0 Å². The summed E-state index contributed by atoms with van der Waals surface area (Å²) >= 11 is 0. The molecule has 0 atom stereocenters. The average Bonchev–Trinajstić information content (AvgIpc) is 2.81. The number of anilines is 1. The van der Waals surface area contributed by atoms with Crippen molar-refractivity contribution in [3.63, 3.8) is 0 Å². The van der Waals surface area contributed by atoms with E-state index in [1.165, 1.54) is 30.8 Å². The fourth-order valence-electron chi connectivity index (χ4n) is 3.33. The van der Waals surface area contributed by atoms with Gasteiger partial charge in [-0.05, 0) is 29.8 Å². The normalized spacial score (nSPS) is 10.8. The minimum absolute atomic E-state index is 0.102.